The summed E-state index contributed by atoms with van der Waals surface area (Å²) >= 11 is 0. The molecule has 0 amide bonds. The molecule has 0 aliphatic carbocycles. The van der Waals surface area contributed by atoms with Gasteiger partial charge in [-0.15, -0.1) is 0 Å². The molecule has 2 rings (SSSR count). The van der Waals surface area contributed by atoms with Crippen LogP contribution in [0.3, 0.4) is 0 Å². The Labute approximate surface area is 130 Å². The molecule has 10 atom stereocenters. The summed E-state index contributed by atoms with van der Waals surface area (Å²) in [6.07, 6.45) is -15.7. The van der Waals surface area contributed by atoms with Gasteiger partial charge >= 0.3 is 0 Å². The van der Waals surface area contributed by atoms with Crippen LogP contribution in [-0.4, -0.2) is 115 Å². The van der Waals surface area contributed by atoms with Crippen LogP contribution in [-0.2, 0) is 14.2 Å². The van der Waals surface area contributed by atoms with Crippen molar-refractivity contribution in [3.63, 3.8) is 0 Å². The second-order valence-electron chi connectivity index (χ2n) is 5.53. The third-order valence-electron chi connectivity index (χ3n) is 3.98. The van der Waals surface area contributed by atoms with Crippen LogP contribution in [0, 0.1) is 0 Å². The van der Waals surface area contributed by atoms with Crippen molar-refractivity contribution in [3.05, 3.63) is 0 Å². The van der Waals surface area contributed by atoms with Crippen LogP contribution in [0.5, 0.6) is 0 Å². The van der Waals surface area contributed by atoms with E-state index in [9.17, 15) is 30.6 Å². The lowest BCUT2D eigenvalue weighted by atomic mass is 9.97. The first-order chi connectivity index (χ1) is 10.8. The molecule has 11 heteroatoms. The van der Waals surface area contributed by atoms with Gasteiger partial charge in [-0.1, -0.05) is 0 Å². The standard InChI is InChI=1S/C12H22O11/c13-1-3-5(15)7(17)8(18)12(22-3)23-10-6(16)4(2-14)21-11(20)9(10)19/h3-20H,1-2H2/t3-,4-,5-,6-,7+,8-,9-,10-,11-,12+/m0/s1. The average molecular weight is 342 g/mol. The van der Waals surface area contributed by atoms with Gasteiger partial charge in [0.1, 0.15) is 48.8 Å². The van der Waals surface area contributed by atoms with Crippen molar-refractivity contribution in [3.8, 4) is 0 Å². The molecule has 2 fully saturated rings. The van der Waals surface area contributed by atoms with Crippen molar-refractivity contribution in [1.82, 2.24) is 0 Å². The molecule has 0 bridgehead atoms. The van der Waals surface area contributed by atoms with Crippen LogP contribution in [0.15, 0.2) is 0 Å². The summed E-state index contributed by atoms with van der Waals surface area (Å²) in [6, 6.07) is 0. The molecule has 2 heterocycles. The van der Waals surface area contributed by atoms with E-state index in [-0.39, 0.29) is 0 Å². The number of hydrogen-bond acceptors (Lipinski definition) is 11. The Morgan fingerprint density at radius 1 is 0.652 bits per heavy atom. The van der Waals surface area contributed by atoms with Gasteiger partial charge in [-0.05, 0) is 0 Å². The Balaban J connectivity index is 2.11. The maximum Gasteiger partial charge on any atom is 0.187 e. The zero-order chi connectivity index (χ0) is 17.3. The van der Waals surface area contributed by atoms with Gasteiger partial charge in [0, 0.05) is 0 Å². The van der Waals surface area contributed by atoms with Crippen LogP contribution < -0.4 is 0 Å². The zero-order valence-corrected chi connectivity index (χ0v) is 12.0. The predicted molar refractivity (Wildman–Crippen MR) is 68.6 cm³/mol. The number of rotatable bonds is 4. The molecule has 2 saturated heterocycles. The van der Waals surface area contributed by atoms with Crippen molar-refractivity contribution in [2.45, 2.75) is 61.4 Å². The molecule has 0 aromatic heterocycles. The fourth-order valence-electron chi connectivity index (χ4n) is 2.56. The van der Waals surface area contributed by atoms with Crippen molar-refractivity contribution in [2.24, 2.45) is 0 Å². The highest BCUT2D eigenvalue weighted by Crippen LogP contribution is 2.28. The molecule has 2 aliphatic rings. The molecule has 0 aromatic rings. The van der Waals surface area contributed by atoms with Crippen LogP contribution in [0.4, 0.5) is 0 Å². The molecule has 0 radical (unpaired) electrons. The minimum Gasteiger partial charge on any atom is -0.394 e. The molecule has 23 heavy (non-hydrogen) atoms. The highest BCUT2D eigenvalue weighted by Gasteiger charge is 2.50. The highest BCUT2D eigenvalue weighted by atomic mass is 16.7. The normalized spacial score (nSPS) is 51.7. The zero-order valence-electron chi connectivity index (χ0n) is 12.0. The van der Waals surface area contributed by atoms with Gasteiger partial charge < -0.3 is 55.1 Å². The molecule has 2 aliphatic heterocycles. The molecule has 0 saturated carbocycles. The largest absolute Gasteiger partial charge is 0.394 e. The van der Waals surface area contributed by atoms with Crippen molar-refractivity contribution in [1.29, 1.82) is 0 Å². The van der Waals surface area contributed by atoms with Crippen LogP contribution in [0.25, 0.3) is 0 Å². The lowest BCUT2D eigenvalue weighted by Crippen LogP contribution is -2.64. The molecule has 11 nitrogen and oxygen atoms in total. The number of aliphatic hydroxyl groups is 8. The van der Waals surface area contributed by atoms with Gasteiger partial charge in [0.25, 0.3) is 0 Å². The van der Waals surface area contributed by atoms with E-state index in [1.54, 1.807) is 0 Å². The number of aliphatic hydroxyl groups excluding tert-OH is 8. The minimum absolute atomic E-state index is 0.667. The lowest BCUT2D eigenvalue weighted by molar-refractivity contribution is -0.355. The van der Waals surface area contributed by atoms with E-state index >= 15 is 0 Å². The fraction of sp³-hybridized carbons (Fsp3) is 1.00. The van der Waals surface area contributed by atoms with Gasteiger partial charge in [0.05, 0.1) is 13.2 Å². The van der Waals surface area contributed by atoms with E-state index in [0.717, 1.165) is 0 Å². The highest BCUT2D eigenvalue weighted by molar-refractivity contribution is 4.93. The summed E-state index contributed by atoms with van der Waals surface area (Å²) in [6.45, 7) is -1.34. The van der Waals surface area contributed by atoms with Gasteiger partial charge in [0.2, 0.25) is 0 Å². The first-order valence-corrected chi connectivity index (χ1v) is 7.08. The third-order valence-corrected chi connectivity index (χ3v) is 3.98. The number of hydrogen-bond donors (Lipinski definition) is 8. The fourth-order valence-corrected chi connectivity index (χ4v) is 2.56. The molecule has 0 aromatic carbocycles. The van der Waals surface area contributed by atoms with E-state index in [1.165, 1.54) is 0 Å². The maximum atomic E-state index is 10.00. The van der Waals surface area contributed by atoms with Crippen molar-refractivity contribution in [2.75, 3.05) is 13.2 Å². The Bertz CT molecular complexity index is 380. The van der Waals surface area contributed by atoms with Crippen LogP contribution in [0.1, 0.15) is 0 Å². The van der Waals surface area contributed by atoms with Gasteiger partial charge in [-0.25, -0.2) is 0 Å². The minimum atomic E-state index is -1.76. The Hall–Kier alpha value is -0.440. The summed E-state index contributed by atoms with van der Waals surface area (Å²) in [4.78, 5) is 0. The number of ether oxygens (including phenoxy) is 3. The van der Waals surface area contributed by atoms with Crippen LogP contribution in [0.2, 0.25) is 0 Å². The smallest absolute Gasteiger partial charge is 0.187 e. The topological polar surface area (TPSA) is 190 Å². The van der Waals surface area contributed by atoms with Gasteiger partial charge in [-0.2, -0.15) is 0 Å². The second-order valence-corrected chi connectivity index (χ2v) is 5.53. The lowest BCUT2D eigenvalue weighted by Gasteiger charge is -2.45. The van der Waals surface area contributed by atoms with Gasteiger partial charge in [-0.3, -0.25) is 0 Å². The van der Waals surface area contributed by atoms with E-state index in [4.69, 9.17) is 24.4 Å². The summed E-state index contributed by atoms with van der Waals surface area (Å²) < 4.78 is 15.1. The average Bonchev–Trinajstić information content (AvgIpc) is 2.54. The van der Waals surface area contributed by atoms with E-state index in [0.29, 0.717) is 0 Å². The Kier molecular flexibility index (Phi) is 6.27. The summed E-state index contributed by atoms with van der Waals surface area (Å²) in [5.74, 6) is 0. The molecule has 8 N–H and O–H groups in total. The predicted octanol–water partition coefficient (Wildman–Crippen LogP) is -5.40. The molecular formula is C12H22O11. The SMILES string of the molecule is OC[C@@H]1O[C@H](O[C@H]2[C@@H](O)[C@H](CO)O[C@H](O)[C@H]2O)[C@@H](O)[C@H](O)[C@H]1O. The van der Waals surface area contributed by atoms with Gasteiger partial charge in [0.15, 0.2) is 12.6 Å². The first kappa shape index (κ1) is 18.9. The van der Waals surface area contributed by atoms with E-state index in [1.807, 2.05) is 0 Å². The van der Waals surface area contributed by atoms with E-state index in [2.05, 4.69) is 0 Å². The summed E-state index contributed by atoms with van der Waals surface area (Å²) in [5, 5.41) is 76.8. The van der Waals surface area contributed by atoms with Crippen LogP contribution >= 0.6 is 0 Å². The van der Waals surface area contributed by atoms with E-state index < -0.39 is 74.6 Å². The maximum absolute atomic E-state index is 10.00. The molecule has 0 spiro atoms. The molecule has 0 unspecified atom stereocenters. The second kappa shape index (κ2) is 7.63. The Morgan fingerprint density at radius 2 is 1.22 bits per heavy atom. The third kappa shape index (κ3) is 3.65. The summed E-state index contributed by atoms with van der Waals surface area (Å²) in [5.41, 5.74) is 0. The van der Waals surface area contributed by atoms with Crippen molar-refractivity contribution < 1.29 is 55.1 Å². The molecule has 136 valence electrons. The Morgan fingerprint density at radius 3 is 1.78 bits per heavy atom. The van der Waals surface area contributed by atoms with Crippen molar-refractivity contribution >= 4 is 0 Å². The quantitative estimate of drug-likeness (QED) is 0.243. The summed E-state index contributed by atoms with van der Waals surface area (Å²) in [7, 11) is 0. The monoisotopic (exact) mass is 342 g/mol. The molecular weight excluding hydrogens is 320 g/mol. The first-order valence-electron chi connectivity index (χ1n) is 7.08.